The van der Waals surface area contributed by atoms with E-state index in [0.717, 1.165) is 43.5 Å². The lowest BCUT2D eigenvalue weighted by molar-refractivity contribution is -0.127. The molecule has 0 bridgehead atoms. The third-order valence-electron chi connectivity index (χ3n) is 3.91. The molecule has 2 heterocycles. The summed E-state index contributed by atoms with van der Waals surface area (Å²) in [4.78, 5) is 12.4. The van der Waals surface area contributed by atoms with Gasteiger partial charge in [0.25, 0.3) is 0 Å². The van der Waals surface area contributed by atoms with Crippen LogP contribution in [0.1, 0.15) is 43.9 Å². The summed E-state index contributed by atoms with van der Waals surface area (Å²) in [6.45, 7) is 5.60. The maximum Gasteiger partial charge on any atom is 0.240 e. The Morgan fingerprint density at radius 3 is 2.95 bits per heavy atom. The molecule has 1 fully saturated rings. The molecule has 1 amide bonds. The lowest BCUT2D eigenvalue weighted by atomic mass is 9.91. The Morgan fingerprint density at radius 2 is 2.42 bits per heavy atom. The number of amides is 1. The van der Waals surface area contributed by atoms with E-state index in [1.807, 2.05) is 20.2 Å². The van der Waals surface area contributed by atoms with Crippen LogP contribution in [0.5, 0.6) is 0 Å². The maximum absolute atomic E-state index is 12.4. The quantitative estimate of drug-likeness (QED) is 0.842. The zero-order valence-corrected chi connectivity index (χ0v) is 12.1. The van der Waals surface area contributed by atoms with E-state index in [9.17, 15) is 4.79 Å². The Morgan fingerprint density at radius 1 is 1.63 bits per heavy atom. The Labute approximate surface area is 114 Å². The molecule has 19 heavy (non-hydrogen) atoms. The first-order valence-corrected chi connectivity index (χ1v) is 7.10. The standard InChI is InChI=1S/C14H24N4O/c1-4-6-14(7-5-8-16-14)13(19)15-9-12-10-18(3)17-11(12)2/h10,16H,4-9H2,1-3H3,(H,15,19). The third-order valence-corrected chi connectivity index (χ3v) is 3.91. The summed E-state index contributed by atoms with van der Waals surface area (Å²) in [5.74, 6) is 0.134. The molecule has 0 aromatic carbocycles. The number of carbonyl (C=O) groups excluding carboxylic acids is 1. The van der Waals surface area contributed by atoms with Gasteiger partial charge in [0.05, 0.1) is 11.2 Å². The molecule has 2 N–H and O–H groups in total. The second-order valence-corrected chi connectivity index (χ2v) is 5.46. The lowest BCUT2D eigenvalue weighted by Crippen LogP contribution is -2.53. The second kappa shape index (κ2) is 5.74. The number of aryl methyl sites for hydroxylation is 2. The molecule has 0 radical (unpaired) electrons. The van der Waals surface area contributed by atoms with E-state index in [0.29, 0.717) is 6.54 Å². The van der Waals surface area contributed by atoms with Gasteiger partial charge >= 0.3 is 0 Å². The molecule has 1 saturated heterocycles. The zero-order valence-electron chi connectivity index (χ0n) is 12.1. The highest BCUT2D eigenvalue weighted by Crippen LogP contribution is 2.25. The number of rotatable bonds is 5. The molecular formula is C14H24N4O. The van der Waals surface area contributed by atoms with Crippen molar-refractivity contribution >= 4 is 5.91 Å². The average molecular weight is 264 g/mol. The number of aromatic nitrogens is 2. The van der Waals surface area contributed by atoms with Crippen molar-refractivity contribution in [2.45, 2.75) is 51.6 Å². The van der Waals surface area contributed by atoms with Gasteiger partial charge < -0.3 is 10.6 Å². The van der Waals surface area contributed by atoms with Gasteiger partial charge in [-0.05, 0) is 32.7 Å². The molecule has 0 saturated carbocycles. The molecular weight excluding hydrogens is 240 g/mol. The SMILES string of the molecule is CCCC1(C(=O)NCc2cn(C)nc2C)CCCN1. The van der Waals surface area contributed by atoms with Crippen molar-refractivity contribution < 1.29 is 4.79 Å². The monoisotopic (exact) mass is 264 g/mol. The summed E-state index contributed by atoms with van der Waals surface area (Å²) in [5, 5.41) is 10.7. The van der Waals surface area contributed by atoms with E-state index in [1.165, 1.54) is 0 Å². The molecule has 1 aromatic rings. The zero-order chi connectivity index (χ0) is 13.9. The molecule has 1 aliphatic heterocycles. The smallest absolute Gasteiger partial charge is 0.240 e. The topological polar surface area (TPSA) is 59.0 Å². The van der Waals surface area contributed by atoms with E-state index < -0.39 is 0 Å². The predicted molar refractivity (Wildman–Crippen MR) is 74.7 cm³/mol. The Kier molecular flexibility index (Phi) is 4.24. The third kappa shape index (κ3) is 2.97. The van der Waals surface area contributed by atoms with Crippen molar-refractivity contribution in [3.8, 4) is 0 Å². The van der Waals surface area contributed by atoms with Gasteiger partial charge in [-0.3, -0.25) is 9.48 Å². The van der Waals surface area contributed by atoms with Crippen molar-refractivity contribution in [1.82, 2.24) is 20.4 Å². The number of hydrogen-bond acceptors (Lipinski definition) is 3. The van der Waals surface area contributed by atoms with E-state index in [1.54, 1.807) is 4.68 Å². The van der Waals surface area contributed by atoms with Gasteiger partial charge in [-0.25, -0.2) is 0 Å². The van der Waals surface area contributed by atoms with Crippen LogP contribution in [0.2, 0.25) is 0 Å². The van der Waals surface area contributed by atoms with Crippen molar-refractivity contribution in [3.05, 3.63) is 17.5 Å². The van der Waals surface area contributed by atoms with Crippen LogP contribution in [0.3, 0.4) is 0 Å². The number of hydrogen-bond donors (Lipinski definition) is 2. The fourth-order valence-electron chi connectivity index (χ4n) is 2.92. The Balaban J connectivity index is 1.98. The van der Waals surface area contributed by atoms with Crippen LogP contribution in [-0.4, -0.2) is 27.8 Å². The summed E-state index contributed by atoms with van der Waals surface area (Å²) < 4.78 is 1.78. The van der Waals surface area contributed by atoms with E-state index in [4.69, 9.17) is 0 Å². The van der Waals surface area contributed by atoms with Crippen LogP contribution in [-0.2, 0) is 18.4 Å². The number of nitrogens with one attached hydrogen (secondary N) is 2. The van der Waals surface area contributed by atoms with Gasteiger partial charge in [-0.15, -0.1) is 0 Å². The van der Waals surface area contributed by atoms with Gasteiger partial charge in [-0.2, -0.15) is 5.10 Å². The minimum Gasteiger partial charge on any atom is -0.350 e. The van der Waals surface area contributed by atoms with Gasteiger partial charge in [0.15, 0.2) is 0 Å². The van der Waals surface area contributed by atoms with Crippen molar-refractivity contribution in [2.75, 3.05) is 6.54 Å². The summed E-state index contributed by atoms with van der Waals surface area (Å²) in [6.07, 6.45) is 5.92. The minimum atomic E-state index is -0.342. The molecule has 1 atom stereocenters. The van der Waals surface area contributed by atoms with Gasteiger partial charge in [0.2, 0.25) is 5.91 Å². The summed E-state index contributed by atoms with van der Waals surface area (Å²) >= 11 is 0. The normalized spacial score (nSPS) is 22.7. The van der Waals surface area contributed by atoms with Crippen molar-refractivity contribution in [3.63, 3.8) is 0 Å². The van der Waals surface area contributed by atoms with Crippen LogP contribution in [0.4, 0.5) is 0 Å². The molecule has 0 aliphatic carbocycles. The van der Waals surface area contributed by atoms with Crippen LogP contribution >= 0.6 is 0 Å². The second-order valence-electron chi connectivity index (χ2n) is 5.46. The molecule has 1 aromatic heterocycles. The first-order valence-electron chi connectivity index (χ1n) is 7.10. The Hall–Kier alpha value is -1.36. The molecule has 1 unspecified atom stereocenters. The van der Waals surface area contributed by atoms with Crippen molar-refractivity contribution in [2.24, 2.45) is 7.05 Å². The maximum atomic E-state index is 12.4. The predicted octanol–water partition coefficient (Wildman–Crippen LogP) is 1.27. The number of nitrogens with zero attached hydrogens (tertiary/aromatic N) is 2. The van der Waals surface area contributed by atoms with Crippen LogP contribution in [0, 0.1) is 6.92 Å². The Bertz CT molecular complexity index is 446. The fraction of sp³-hybridized carbons (Fsp3) is 0.714. The van der Waals surface area contributed by atoms with E-state index in [-0.39, 0.29) is 11.4 Å². The number of carbonyl (C=O) groups is 1. The summed E-state index contributed by atoms with van der Waals surface area (Å²) in [6, 6.07) is 0. The van der Waals surface area contributed by atoms with E-state index >= 15 is 0 Å². The average Bonchev–Trinajstić information content (AvgIpc) is 2.95. The lowest BCUT2D eigenvalue weighted by Gasteiger charge is -2.27. The molecule has 0 spiro atoms. The van der Waals surface area contributed by atoms with Crippen molar-refractivity contribution in [1.29, 1.82) is 0 Å². The van der Waals surface area contributed by atoms with Crippen LogP contribution in [0.25, 0.3) is 0 Å². The minimum absolute atomic E-state index is 0.134. The molecule has 5 nitrogen and oxygen atoms in total. The van der Waals surface area contributed by atoms with Gasteiger partial charge in [0.1, 0.15) is 0 Å². The first kappa shape index (κ1) is 14.1. The van der Waals surface area contributed by atoms with Gasteiger partial charge in [-0.1, -0.05) is 13.3 Å². The van der Waals surface area contributed by atoms with E-state index in [2.05, 4.69) is 22.7 Å². The highest BCUT2D eigenvalue weighted by atomic mass is 16.2. The van der Waals surface area contributed by atoms with Gasteiger partial charge in [0, 0.05) is 25.4 Å². The molecule has 1 aliphatic rings. The highest BCUT2D eigenvalue weighted by Gasteiger charge is 2.39. The highest BCUT2D eigenvalue weighted by molar-refractivity contribution is 5.86. The van der Waals surface area contributed by atoms with Crippen LogP contribution in [0.15, 0.2) is 6.20 Å². The molecule has 2 rings (SSSR count). The fourth-order valence-corrected chi connectivity index (χ4v) is 2.92. The first-order chi connectivity index (χ1) is 9.07. The molecule has 106 valence electrons. The largest absolute Gasteiger partial charge is 0.350 e. The summed E-state index contributed by atoms with van der Waals surface area (Å²) in [7, 11) is 1.90. The summed E-state index contributed by atoms with van der Waals surface area (Å²) in [5.41, 5.74) is 1.72. The van der Waals surface area contributed by atoms with Crippen LogP contribution < -0.4 is 10.6 Å². The molecule has 5 heteroatoms.